The molecular formula is C18H27NO2. The maximum atomic E-state index is 6.05. The van der Waals surface area contributed by atoms with E-state index >= 15 is 0 Å². The van der Waals surface area contributed by atoms with E-state index in [0.717, 1.165) is 51.3 Å². The van der Waals surface area contributed by atoms with Gasteiger partial charge in [-0.05, 0) is 63.3 Å². The molecule has 0 atom stereocenters. The van der Waals surface area contributed by atoms with E-state index in [2.05, 4.69) is 36.9 Å². The summed E-state index contributed by atoms with van der Waals surface area (Å²) < 4.78 is 11.4. The highest BCUT2D eigenvalue weighted by Gasteiger charge is 2.26. The molecule has 1 fully saturated rings. The Morgan fingerprint density at radius 2 is 2.00 bits per heavy atom. The first-order valence-electron chi connectivity index (χ1n) is 8.23. The van der Waals surface area contributed by atoms with Crippen molar-refractivity contribution in [2.45, 2.75) is 45.1 Å². The fourth-order valence-corrected chi connectivity index (χ4v) is 3.20. The molecule has 0 spiro atoms. The van der Waals surface area contributed by atoms with Crippen molar-refractivity contribution in [3.63, 3.8) is 0 Å². The van der Waals surface area contributed by atoms with Crippen LogP contribution in [-0.4, -0.2) is 43.3 Å². The molecule has 3 nitrogen and oxygen atoms in total. The third-order valence-corrected chi connectivity index (χ3v) is 4.55. The highest BCUT2D eigenvalue weighted by atomic mass is 16.5. The van der Waals surface area contributed by atoms with Gasteiger partial charge in [0.15, 0.2) is 0 Å². The maximum Gasteiger partial charge on any atom is 0.123 e. The van der Waals surface area contributed by atoms with Crippen LogP contribution in [-0.2, 0) is 17.6 Å². The van der Waals surface area contributed by atoms with Gasteiger partial charge in [-0.1, -0.05) is 12.1 Å². The minimum Gasteiger partial charge on any atom is -0.488 e. The minimum absolute atomic E-state index is 0.00908. The molecule has 1 aromatic rings. The quantitative estimate of drug-likeness (QED) is 0.850. The molecule has 0 unspecified atom stereocenters. The van der Waals surface area contributed by atoms with E-state index in [1.54, 1.807) is 0 Å². The SMILES string of the molecule is CC1(C)CCc2cc(CCCN3CCOCC3)ccc2O1. The van der Waals surface area contributed by atoms with Gasteiger partial charge in [0.05, 0.1) is 13.2 Å². The van der Waals surface area contributed by atoms with Crippen LogP contribution in [0.25, 0.3) is 0 Å². The van der Waals surface area contributed by atoms with Crippen LogP contribution in [0.2, 0.25) is 0 Å². The smallest absolute Gasteiger partial charge is 0.123 e. The zero-order chi connectivity index (χ0) is 14.7. The summed E-state index contributed by atoms with van der Waals surface area (Å²) in [5.41, 5.74) is 2.83. The number of hydrogen-bond donors (Lipinski definition) is 0. The number of rotatable bonds is 4. The molecule has 0 bridgehead atoms. The molecule has 3 rings (SSSR count). The molecule has 0 aliphatic carbocycles. The summed E-state index contributed by atoms with van der Waals surface area (Å²) in [6.07, 6.45) is 4.63. The summed E-state index contributed by atoms with van der Waals surface area (Å²) >= 11 is 0. The average Bonchev–Trinajstić information content (AvgIpc) is 2.48. The van der Waals surface area contributed by atoms with Crippen molar-refractivity contribution >= 4 is 0 Å². The molecule has 2 aliphatic rings. The summed E-state index contributed by atoms with van der Waals surface area (Å²) in [5.74, 6) is 1.09. The minimum atomic E-state index is -0.00908. The second-order valence-electron chi connectivity index (χ2n) is 6.86. The van der Waals surface area contributed by atoms with Gasteiger partial charge in [0, 0.05) is 13.1 Å². The van der Waals surface area contributed by atoms with Crippen molar-refractivity contribution in [2.24, 2.45) is 0 Å². The molecule has 1 aromatic carbocycles. The van der Waals surface area contributed by atoms with Crippen LogP contribution in [0, 0.1) is 0 Å². The van der Waals surface area contributed by atoms with E-state index in [9.17, 15) is 0 Å². The van der Waals surface area contributed by atoms with E-state index in [0.29, 0.717) is 0 Å². The second-order valence-corrected chi connectivity index (χ2v) is 6.86. The van der Waals surface area contributed by atoms with Gasteiger partial charge in [-0.25, -0.2) is 0 Å². The molecule has 116 valence electrons. The Hall–Kier alpha value is -1.06. The van der Waals surface area contributed by atoms with Crippen molar-refractivity contribution in [3.8, 4) is 5.75 Å². The van der Waals surface area contributed by atoms with Crippen LogP contribution in [0.4, 0.5) is 0 Å². The molecule has 0 aromatic heterocycles. The van der Waals surface area contributed by atoms with Crippen molar-refractivity contribution in [2.75, 3.05) is 32.8 Å². The number of nitrogens with zero attached hydrogens (tertiary/aromatic N) is 1. The van der Waals surface area contributed by atoms with Crippen LogP contribution in [0.5, 0.6) is 5.75 Å². The van der Waals surface area contributed by atoms with Gasteiger partial charge in [0.1, 0.15) is 11.4 Å². The Morgan fingerprint density at radius 3 is 2.81 bits per heavy atom. The van der Waals surface area contributed by atoms with Crippen molar-refractivity contribution in [1.82, 2.24) is 4.90 Å². The summed E-state index contributed by atoms with van der Waals surface area (Å²) in [4.78, 5) is 2.51. The molecule has 21 heavy (non-hydrogen) atoms. The van der Waals surface area contributed by atoms with Gasteiger partial charge in [-0.2, -0.15) is 0 Å². The fourth-order valence-electron chi connectivity index (χ4n) is 3.20. The monoisotopic (exact) mass is 289 g/mol. The van der Waals surface area contributed by atoms with E-state index in [-0.39, 0.29) is 5.60 Å². The van der Waals surface area contributed by atoms with E-state index in [1.807, 2.05) is 0 Å². The second kappa shape index (κ2) is 6.37. The van der Waals surface area contributed by atoms with Crippen LogP contribution in [0.1, 0.15) is 37.8 Å². The lowest BCUT2D eigenvalue weighted by Crippen LogP contribution is -2.36. The molecule has 2 heterocycles. The molecule has 2 aliphatic heterocycles. The summed E-state index contributed by atoms with van der Waals surface area (Å²) in [7, 11) is 0. The Kier molecular flexibility index (Phi) is 4.51. The van der Waals surface area contributed by atoms with E-state index in [4.69, 9.17) is 9.47 Å². The van der Waals surface area contributed by atoms with Crippen molar-refractivity contribution < 1.29 is 9.47 Å². The van der Waals surface area contributed by atoms with Gasteiger partial charge in [-0.15, -0.1) is 0 Å². The Labute approximate surface area is 128 Å². The summed E-state index contributed by atoms with van der Waals surface area (Å²) in [5, 5.41) is 0. The number of benzene rings is 1. The predicted molar refractivity (Wildman–Crippen MR) is 85.1 cm³/mol. The van der Waals surface area contributed by atoms with Gasteiger partial charge in [0.25, 0.3) is 0 Å². The first-order chi connectivity index (χ1) is 10.1. The lowest BCUT2D eigenvalue weighted by molar-refractivity contribution is 0.0374. The van der Waals surface area contributed by atoms with Gasteiger partial charge in [0.2, 0.25) is 0 Å². The predicted octanol–water partition coefficient (Wildman–Crippen LogP) is 3.06. The molecule has 3 heteroatoms. The molecule has 1 saturated heterocycles. The lowest BCUT2D eigenvalue weighted by atomic mass is 9.93. The van der Waals surface area contributed by atoms with E-state index in [1.165, 1.54) is 24.1 Å². The van der Waals surface area contributed by atoms with Crippen molar-refractivity contribution in [1.29, 1.82) is 0 Å². The fraction of sp³-hybridized carbons (Fsp3) is 0.667. The molecule has 0 N–H and O–H groups in total. The molecule has 0 radical (unpaired) electrons. The van der Waals surface area contributed by atoms with Crippen LogP contribution >= 0.6 is 0 Å². The van der Waals surface area contributed by atoms with Crippen molar-refractivity contribution in [3.05, 3.63) is 29.3 Å². The Bertz CT molecular complexity index is 478. The normalized spacial score (nSPS) is 21.6. The highest BCUT2D eigenvalue weighted by Crippen LogP contribution is 2.33. The first kappa shape index (κ1) is 14.9. The molecule has 0 amide bonds. The zero-order valence-corrected chi connectivity index (χ0v) is 13.4. The highest BCUT2D eigenvalue weighted by molar-refractivity contribution is 5.39. The average molecular weight is 289 g/mol. The van der Waals surface area contributed by atoms with Gasteiger partial charge < -0.3 is 9.47 Å². The third-order valence-electron chi connectivity index (χ3n) is 4.55. The van der Waals surface area contributed by atoms with Crippen LogP contribution < -0.4 is 4.74 Å². The molecule has 0 saturated carbocycles. The summed E-state index contributed by atoms with van der Waals surface area (Å²) in [6, 6.07) is 6.75. The largest absolute Gasteiger partial charge is 0.488 e. The number of hydrogen-bond acceptors (Lipinski definition) is 3. The number of morpholine rings is 1. The maximum absolute atomic E-state index is 6.05. The first-order valence-corrected chi connectivity index (χ1v) is 8.23. The summed E-state index contributed by atoms with van der Waals surface area (Å²) in [6.45, 7) is 9.50. The van der Waals surface area contributed by atoms with Crippen LogP contribution in [0.3, 0.4) is 0 Å². The number of fused-ring (bicyclic) bond motifs is 1. The topological polar surface area (TPSA) is 21.7 Å². The Balaban J connectivity index is 1.52. The van der Waals surface area contributed by atoms with Crippen LogP contribution in [0.15, 0.2) is 18.2 Å². The Morgan fingerprint density at radius 1 is 1.19 bits per heavy atom. The third kappa shape index (κ3) is 3.98. The number of aryl methyl sites for hydroxylation is 2. The van der Waals surface area contributed by atoms with Gasteiger partial charge >= 0.3 is 0 Å². The van der Waals surface area contributed by atoms with Gasteiger partial charge in [-0.3, -0.25) is 4.90 Å². The zero-order valence-electron chi connectivity index (χ0n) is 13.4. The lowest BCUT2D eigenvalue weighted by Gasteiger charge is -2.32. The standard InChI is InChI=1S/C18H27NO2/c1-18(2)8-7-16-14-15(5-6-17(16)21-18)4-3-9-19-10-12-20-13-11-19/h5-6,14H,3-4,7-13H2,1-2H3. The molecular weight excluding hydrogens is 262 g/mol. The van der Waals surface area contributed by atoms with E-state index < -0.39 is 0 Å². The number of ether oxygens (including phenoxy) is 2.